The molecule has 104 valence electrons. The summed E-state index contributed by atoms with van der Waals surface area (Å²) in [7, 11) is 1.72. The molecule has 4 nitrogen and oxygen atoms in total. The van der Waals surface area contributed by atoms with Gasteiger partial charge in [0.15, 0.2) is 0 Å². The van der Waals surface area contributed by atoms with Gasteiger partial charge in [0.25, 0.3) is 0 Å². The number of methoxy groups -OCH3 is 1. The number of anilines is 1. The number of aryl methyl sites for hydroxylation is 2. The first-order valence-electron chi connectivity index (χ1n) is 6.74. The lowest BCUT2D eigenvalue weighted by Gasteiger charge is -2.07. The number of aromatic nitrogens is 2. The molecule has 0 aromatic carbocycles. The fourth-order valence-corrected chi connectivity index (χ4v) is 2.85. The summed E-state index contributed by atoms with van der Waals surface area (Å²) >= 11 is 1.73. The summed E-state index contributed by atoms with van der Waals surface area (Å²) in [5, 5.41) is 4.55. The molecule has 19 heavy (non-hydrogen) atoms. The summed E-state index contributed by atoms with van der Waals surface area (Å²) < 4.78 is 5.08. The van der Waals surface area contributed by atoms with Crippen LogP contribution in [0.25, 0.3) is 10.2 Å². The van der Waals surface area contributed by atoms with Crippen LogP contribution in [-0.2, 0) is 11.2 Å². The number of fused-ring (bicyclic) bond motifs is 1. The van der Waals surface area contributed by atoms with Crippen molar-refractivity contribution in [3.63, 3.8) is 0 Å². The maximum absolute atomic E-state index is 5.08. The Hall–Kier alpha value is -1.20. The number of nitrogens with zero attached hydrogens (tertiary/aromatic N) is 2. The minimum Gasteiger partial charge on any atom is -0.385 e. The first-order valence-corrected chi connectivity index (χ1v) is 7.56. The van der Waals surface area contributed by atoms with E-state index in [2.05, 4.69) is 35.2 Å². The van der Waals surface area contributed by atoms with Crippen LogP contribution in [0.15, 0.2) is 6.07 Å². The van der Waals surface area contributed by atoms with Crippen LogP contribution in [-0.4, -0.2) is 30.2 Å². The van der Waals surface area contributed by atoms with Crippen molar-refractivity contribution in [3.8, 4) is 0 Å². The molecule has 0 atom stereocenters. The van der Waals surface area contributed by atoms with Gasteiger partial charge in [0.1, 0.15) is 16.5 Å². The Morgan fingerprint density at radius 1 is 1.37 bits per heavy atom. The van der Waals surface area contributed by atoms with Crippen LogP contribution < -0.4 is 5.32 Å². The lowest BCUT2D eigenvalue weighted by Crippen LogP contribution is -2.06. The van der Waals surface area contributed by atoms with Gasteiger partial charge in [-0.25, -0.2) is 9.97 Å². The summed E-state index contributed by atoms with van der Waals surface area (Å²) in [5.41, 5.74) is 0. The van der Waals surface area contributed by atoms with E-state index >= 15 is 0 Å². The van der Waals surface area contributed by atoms with E-state index < -0.39 is 0 Å². The first-order chi connectivity index (χ1) is 9.24. The third-order valence-corrected chi connectivity index (χ3v) is 3.80. The highest BCUT2D eigenvalue weighted by Crippen LogP contribution is 2.28. The zero-order valence-corrected chi connectivity index (χ0v) is 12.6. The molecular weight excluding hydrogens is 258 g/mol. The van der Waals surface area contributed by atoms with Gasteiger partial charge in [0.2, 0.25) is 0 Å². The highest BCUT2D eigenvalue weighted by molar-refractivity contribution is 7.18. The van der Waals surface area contributed by atoms with Crippen LogP contribution in [0.5, 0.6) is 0 Å². The van der Waals surface area contributed by atoms with Crippen LogP contribution in [0.2, 0.25) is 0 Å². The highest BCUT2D eigenvalue weighted by Gasteiger charge is 2.10. The minimum absolute atomic E-state index is 0.753. The van der Waals surface area contributed by atoms with Gasteiger partial charge < -0.3 is 10.1 Å². The summed E-state index contributed by atoms with van der Waals surface area (Å²) in [5.74, 6) is 1.88. The van der Waals surface area contributed by atoms with Gasteiger partial charge in [-0.05, 0) is 25.8 Å². The van der Waals surface area contributed by atoms with E-state index in [9.17, 15) is 0 Å². The molecule has 0 amide bonds. The number of hydrogen-bond donors (Lipinski definition) is 1. The first kappa shape index (κ1) is 14.2. The van der Waals surface area contributed by atoms with Crippen molar-refractivity contribution in [1.29, 1.82) is 0 Å². The highest BCUT2D eigenvalue weighted by atomic mass is 32.1. The van der Waals surface area contributed by atoms with E-state index in [0.29, 0.717) is 0 Å². The average Bonchev–Trinajstić information content (AvgIpc) is 2.76. The van der Waals surface area contributed by atoms with Crippen LogP contribution in [0, 0.1) is 6.92 Å². The average molecular weight is 279 g/mol. The van der Waals surface area contributed by atoms with E-state index in [4.69, 9.17) is 4.74 Å². The Morgan fingerprint density at radius 3 is 2.95 bits per heavy atom. The number of ether oxygens (including phenoxy) is 1. The molecule has 0 saturated heterocycles. The predicted molar refractivity (Wildman–Crippen MR) is 81.1 cm³/mol. The lowest BCUT2D eigenvalue weighted by molar-refractivity contribution is 0.194. The molecule has 0 spiro atoms. The van der Waals surface area contributed by atoms with Gasteiger partial charge in [-0.2, -0.15) is 0 Å². The molecule has 0 bridgehead atoms. The molecular formula is C14H21N3OS. The quantitative estimate of drug-likeness (QED) is 0.789. The van der Waals surface area contributed by atoms with Crippen LogP contribution >= 0.6 is 11.3 Å². The normalized spacial score (nSPS) is 11.1. The number of nitrogens with one attached hydrogen (secondary N) is 1. The molecule has 2 aromatic rings. The van der Waals surface area contributed by atoms with Crippen molar-refractivity contribution in [2.24, 2.45) is 0 Å². The van der Waals surface area contributed by atoms with Gasteiger partial charge in [0, 0.05) is 31.6 Å². The van der Waals surface area contributed by atoms with Gasteiger partial charge >= 0.3 is 0 Å². The topological polar surface area (TPSA) is 47.0 Å². The SMILES string of the molecule is CCCNc1nc(CCCOC)nc2sc(C)cc12. The summed E-state index contributed by atoms with van der Waals surface area (Å²) in [4.78, 5) is 11.7. The summed E-state index contributed by atoms with van der Waals surface area (Å²) in [6.07, 6.45) is 2.91. The molecule has 0 saturated carbocycles. The predicted octanol–water partition coefficient (Wildman–Crippen LogP) is 3.40. The second kappa shape index (κ2) is 6.82. The van der Waals surface area contributed by atoms with Gasteiger partial charge in [-0.1, -0.05) is 6.92 Å². The maximum atomic E-state index is 5.08. The van der Waals surface area contributed by atoms with Gasteiger partial charge in [0.05, 0.1) is 5.39 Å². The fraction of sp³-hybridized carbons (Fsp3) is 0.571. The van der Waals surface area contributed by atoms with Crippen LogP contribution in [0.1, 0.15) is 30.5 Å². The van der Waals surface area contributed by atoms with E-state index in [0.717, 1.165) is 54.3 Å². The van der Waals surface area contributed by atoms with Crippen molar-refractivity contribution in [2.75, 3.05) is 25.6 Å². The third kappa shape index (κ3) is 3.64. The second-order valence-corrected chi connectivity index (χ2v) is 5.82. The molecule has 0 aliphatic rings. The standard InChI is InChI=1S/C14H21N3OS/c1-4-7-15-13-11-9-10(2)19-14(11)17-12(16-13)6-5-8-18-3/h9H,4-8H2,1-3H3,(H,15,16,17). The van der Waals surface area contributed by atoms with Gasteiger partial charge in [-0.15, -0.1) is 11.3 Å². The van der Waals surface area contributed by atoms with E-state index in [1.165, 1.54) is 4.88 Å². The monoisotopic (exact) mass is 279 g/mol. The maximum Gasteiger partial charge on any atom is 0.138 e. The lowest BCUT2D eigenvalue weighted by atomic mass is 10.3. The van der Waals surface area contributed by atoms with Crippen molar-refractivity contribution >= 4 is 27.4 Å². The molecule has 1 N–H and O–H groups in total. The Kier molecular flexibility index (Phi) is 5.10. The van der Waals surface area contributed by atoms with Gasteiger partial charge in [-0.3, -0.25) is 0 Å². The zero-order chi connectivity index (χ0) is 13.7. The fourth-order valence-electron chi connectivity index (χ4n) is 1.95. The molecule has 2 aromatic heterocycles. The minimum atomic E-state index is 0.753. The molecule has 0 aliphatic carbocycles. The molecule has 0 unspecified atom stereocenters. The van der Waals surface area contributed by atoms with Crippen molar-refractivity contribution in [2.45, 2.75) is 33.1 Å². The van der Waals surface area contributed by atoms with Crippen LogP contribution in [0.3, 0.4) is 0 Å². The molecule has 5 heteroatoms. The third-order valence-electron chi connectivity index (χ3n) is 2.85. The van der Waals surface area contributed by atoms with Crippen molar-refractivity contribution in [3.05, 3.63) is 16.8 Å². The second-order valence-electron chi connectivity index (χ2n) is 4.59. The number of hydrogen-bond acceptors (Lipinski definition) is 5. The number of thiophene rings is 1. The summed E-state index contributed by atoms with van der Waals surface area (Å²) in [6.45, 7) is 5.96. The molecule has 0 aliphatic heterocycles. The molecule has 2 rings (SSSR count). The smallest absolute Gasteiger partial charge is 0.138 e. The summed E-state index contributed by atoms with van der Waals surface area (Å²) in [6, 6.07) is 2.16. The van der Waals surface area contributed by atoms with E-state index in [1.54, 1.807) is 18.4 Å². The largest absolute Gasteiger partial charge is 0.385 e. The Morgan fingerprint density at radius 2 is 2.21 bits per heavy atom. The van der Waals surface area contributed by atoms with E-state index in [1.807, 2.05) is 0 Å². The molecule has 0 fully saturated rings. The Bertz CT molecular complexity index is 539. The van der Waals surface area contributed by atoms with Crippen LogP contribution in [0.4, 0.5) is 5.82 Å². The zero-order valence-electron chi connectivity index (χ0n) is 11.8. The number of rotatable bonds is 7. The molecule has 0 radical (unpaired) electrons. The Labute approximate surface area is 118 Å². The Balaban J connectivity index is 2.27. The molecule has 2 heterocycles. The van der Waals surface area contributed by atoms with E-state index in [-0.39, 0.29) is 0 Å². The van der Waals surface area contributed by atoms with Crippen molar-refractivity contribution in [1.82, 2.24) is 9.97 Å². The van der Waals surface area contributed by atoms with Crippen molar-refractivity contribution < 1.29 is 4.74 Å².